The van der Waals surface area contributed by atoms with E-state index in [1.54, 1.807) is 0 Å². The summed E-state index contributed by atoms with van der Waals surface area (Å²) in [6, 6.07) is 42.1. The Morgan fingerprint density at radius 2 is 1.00 bits per heavy atom. The Morgan fingerprint density at radius 1 is 0.404 bits per heavy atom. The van der Waals surface area contributed by atoms with Crippen molar-refractivity contribution >= 4 is 32.8 Å². The van der Waals surface area contributed by atoms with Crippen molar-refractivity contribution in [1.29, 1.82) is 0 Å². The van der Waals surface area contributed by atoms with Gasteiger partial charge in [0, 0.05) is 68.1 Å². The second-order valence-corrected chi connectivity index (χ2v) is 11.2. The molecule has 0 unspecified atom stereocenters. The normalized spacial score (nSPS) is 11.4. The minimum absolute atomic E-state index is 0.595. The Hall–Kier alpha value is -6.60. The molecule has 0 atom stereocenters. The van der Waals surface area contributed by atoms with E-state index in [9.17, 15) is 0 Å². The highest BCUT2D eigenvalue weighted by molar-refractivity contribution is 6.11. The minimum atomic E-state index is 0.595. The number of para-hydroxylation sites is 2. The molecule has 0 saturated heterocycles. The van der Waals surface area contributed by atoms with Gasteiger partial charge in [0.1, 0.15) is 11.2 Å². The first-order chi connectivity index (χ1) is 23.3. The molecule has 47 heavy (non-hydrogen) atoms. The van der Waals surface area contributed by atoms with Crippen LogP contribution in [0, 0.1) is 0 Å². The number of rotatable bonds is 5. The van der Waals surface area contributed by atoms with Crippen LogP contribution < -0.4 is 0 Å². The first-order valence-electron chi connectivity index (χ1n) is 15.3. The summed E-state index contributed by atoms with van der Waals surface area (Å²) in [5.74, 6) is 2.46. The van der Waals surface area contributed by atoms with Crippen LogP contribution in [0.4, 0.5) is 0 Å². The number of nitrogens with zero attached hydrogens (tertiary/aromatic N) is 6. The summed E-state index contributed by atoms with van der Waals surface area (Å²) in [6.07, 6.45) is 5.57. The van der Waals surface area contributed by atoms with Crippen LogP contribution in [-0.2, 0) is 0 Å². The Balaban J connectivity index is 1.12. The first-order valence-corrected chi connectivity index (χ1v) is 15.3. The SMILES string of the molecule is c1ccc(-c2nc(-c3ccccc3)nc(-c3ccc(-c4ncc5cccc(-c6cncc7c6oc6ccccc67)c5n4)cc3)n2)cc1. The van der Waals surface area contributed by atoms with Crippen LogP contribution in [-0.4, -0.2) is 29.9 Å². The van der Waals surface area contributed by atoms with E-state index in [0.29, 0.717) is 23.3 Å². The zero-order chi connectivity index (χ0) is 31.2. The van der Waals surface area contributed by atoms with E-state index < -0.39 is 0 Å². The summed E-state index contributed by atoms with van der Waals surface area (Å²) in [4.78, 5) is 28.9. The van der Waals surface area contributed by atoms with Crippen LogP contribution >= 0.6 is 0 Å². The fourth-order valence-corrected chi connectivity index (χ4v) is 5.95. The third-order valence-corrected chi connectivity index (χ3v) is 8.29. The van der Waals surface area contributed by atoms with Crippen LogP contribution in [0.15, 0.2) is 150 Å². The highest BCUT2D eigenvalue weighted by atomic mass is 16.3. The smallest absolute Gasteiger partial charge is 0.164 e. The van der Waals surface area contributed by atoms with E-state index in [1.807, 2.05) is 134 Å². The third kappa shape index (κ3) is 4.78. The number of hydrogen-bond acceptors (Lipinski definition) is 7. The Morgan fingerprint density at radius 3 is 1.68 bits per heavy atom. The summed E-state index contributed by atoms with van der Waals surface area (Å²) >= 11 is 0. The fourth-order valence-electron chi connectivity index (χ4n) is 5.95. The Labute approximate surface area is 269 Å². The van der Waals surface area contributed by atoms with Gasteiger partial charge in [0.25, 0.3) is 0 Å². The fraction of sp³-hybridized carbons (Fsp3) is 0. The van der Waals surface area contributed by atoms with Crippen molar-refractivity contribution in [1.82, 2.24) is 29.9 Å². The summed E-state index contributed by atoms with van der Waals surface area (Å²) in [5, 5.41) is 2.95. The van der Waals surface area contributed by atoms with E-state index in [-0.39, 0.29) is 0 Å². The number of benzene rings is 5. The van der Waals surface area contributed by atoms with Gasteiger partial charge in [-0.2, -0.15) is 0 Å². The van der Waals surface area contributed by atoms with Crippen LogP contribution in [0.2, 0.25) is 0 Å². The average molecular weight is 605 g/mol. The van der Waals surface area contributed by atoms with Gasteiger partial charge in [0.2, 0.25) is 0 Å². The molecular formula is C40H24N6O. The minimum Gasteiger partial charge on any atom is -0.455 e. The van der Waals surface area contributed by atoms with Crippen molar-refractivity contribution < 1.29 is 4.42 Å². The zero-order valence-corrected chi connectivity index (χ0v) is 24.9. The third-order valence-electron chi connectivity index (χ3n) is 8.29. The summed E-state index contributed by atoms with van der Waals surface area (Å²) in [5.41, 5.74) is 7.89. The Kier molecular flexibility index (Phi) is 6.31. The zero-order valence-electron chi connectivity index (χ0n) is 24.9. The van der Waals surface area contributed by atoms with Gasteiger partial charge in [0.05, 0.1) is 5.52 Å². The maximum Gasteiger partial charge on any atom is 0.164 e. The highest BCUT2D eigenvalue weighted by Gasteiger charge is 2.17. The molecule has 9 aromatic rings. The van der Waals surface area contributed by atoms with Gasteiger partial charge < -0.3 is 4.42 Å². The van der Waals surface area contributed by atoms with Gasteiger partial charge in [-0.3, -0.25) is 4.98 Å². The molecule has 0 bridgehead atoms. The van der Waals surface area contributed by atoms with Crippen molar-refractivity contribution in [3.05, 3.63) is 146 Å². The average Bonchev–Trinajstić information content (AvgIpc) is 3.54. The maximum atomic E-state index is 6.33. The van der Waals surface area contributed by atoms with E-state index in [0.717, 1.165) is 66.2 Å². The molecule has 0 radical (unpaired) electrons. The van der Waals surface area contributed by atoms with Crippen LogP contribution in [0.3, 0.4) is 0 Å². The van der Waals surface area contributed by atoms with Crippen LogP contribution in [0.1, 0.15) is 0 Å². The summed E-state index contributed by atoms with van der Waals surface area (Å²) < 4.78 is 6.33. The van der Waals surface area contributed by atoms with Crippen molar-refractivity contribution in [3.8, 4) is 56.7 Å². The van der Waals surface area contributed by atoms with Crippen LogP contribution in [0.25, 0.3) is 89.5 Å². The number of pyridine rings is 1. The molecule has 0 aliphatic heterocycles. The lowest BCUT2D eigenvalue weighted by Gasteiger charge is -2.10. The molecule has 0 spiro atoms. The predicted molar refractivity (Wildman–Crippen MR) is 185 cm³/mol. The second-order valence-electron chi connectivity index (χ2n) is 11.2. The van der Waals surface area contributed by atoms with Crippen LogP contribution in [0.5, 0.6) is 0 Å². The number of fused-ring (bicyclic) bond motifs is 4. The van der Waals surface area contributed by atoms with E-state index in [1.165, 1.54) is 0 Å². The lowest BCUT2D eigenvalue weighted by atomic mass is 10.0. The second kappa shape index (κ2) is 11.1. The lowest BCUT2D eigenvalue weighted by Crippen LogP contribution is -2.00. The molecule has 5 aromatic carbocycles. The molecule has 0 amide bonds. The van der Waals surface area contributed by atoms with Crippen molar-refractivity contribution in [2.45, 2.75) is 0 Å². The van der Waals surface area contributed by atoms with Gasteiger partial charge in [-0.15, -0.1) is 0 Å². The van der Waals surface area contributed by atoms with Gasteiger partial charge in [-0.25, -0.2) is 24.9 Å². The van der Waals surface area contributed by atoms with Crippen molar-refractivity contribution in [3.63, 3.8) is 0 Å². The van der Waals surface area contributed by atoms with Gasteiger partial charge in [0.15, 0.2) is 23.3 Å². The molecule has 220 valence electrons. The van der Waals surface area contributed by atoms with E-state index >= 15 is 0 Å². The topological polar surface area (TPSA) is 90.5 Å². The standard InChI is InChI=1S/C40H24N6O/c1-3-10-25(11-4-1)38-44-39(26-12-5-2-6-13-26)46-40(45-38)28-20-18-27(19-21-28)37-42-22-29-14-9-16-31(35(29)43-37)33-24-41-23-32-30-15-7-8-17-34(30)47-36(32)33/h1-24H. The quantitative estimate of drug-likeness (QED) is 0.193. The van der Waals surface area contributed by atoms with Crippen molar-refractivity contribution in [2.75, 3.05) is 0 Å². The highest BCUT2D eigenvalue weighted by Crippen LogP contribution is 2.37. The van der Waals surface area contributed by atoms with Gasteiger partial charge in [-0.05, 0) is 6.07 Å². The van der Waals surface area contributed by atoms with E-state index in [4.69, 9.17) is 29.3 Å². The Bertz CT molecular complexity index is 2510. The molecule has 7 heteroatoms. The summed E-state index contributed by atoms with van der Waals surface area (Å²) in [7, 11) is 0. The van der Waals surface area contributed by atoms with Gasteiger partial charge >= 0.3 is 0 Å². The molecule has 4 heterocycles. The molecule has 0 fully saturated rings. The molecule has 0 saturated carbocycles. The number of furan rings is 1. The lowest BCUT2D eigenvalue weighted by molar-refractivity contribution is 0.669. The van der Waals surface area contributed by atoms with Gasteiger partial charge in [-0.1, -0.05) is 121 Å². The molecule has 0 aliphatic rings. The first kappa shape index (κ1) is 26.8. The maximum absolute atomic E-state index is 6.33. The summed E-state index contributed by atoms with van der Waals surface area (Å²) in [6.45, 7) is 0. The number of hydrogen-bond donors (Lipinski definition) is 0. The monoisotopic (exact) mass is 604 g/mol. The predicted octanol–water partition coefficient (Wildman–Crippen LogP) is 9.44. The van der Waals surface area contributed by atoms with E-state index in [2.05, 4.69) is 17.1 Å². The molecule has 4 aromatic heterocycles. The molecule has 9 rings (SSSR count). The molecule has 0 aliphatic carbocycles. The largest absolute Gasteiger partial charge is 0.455 e. The molecular weight excluding hydrogens is 580 g/mol. The number of aromatic nitrogens is 6. The van der Waals surface area contributed by atoms with Crippen molar-refractivity contribution in [2.24, 2.45) is 0 Å². The molecule has 0 N–H and O–H groups in total. The molecule has 7 nitrogen and oxygen atoms in total.